The van der Waals surface area contributed by atoms with E-state index in [1.54, 1.807) is 24.5 Å². The van der Waals surface area contributed by atoms with E-state index in [2.05, 4.69) is 41.3 Å². The summed E-state index contributed by atoms with van der Waals surface area (Å²) in [7, 11) is 0. The van der Waals surface area contributed by atoms with Gasteiger partial charge in [-0.05, 0) is 34.5 Å². The van der Waals surface area contributed by atoms with Crippen molar-refractivity contribution < 1.29 is 4.74 Å². The molecule has 3 aromatic heterocycles. The van der Waals surface area contributed by atoms with Crippen molar-refractivity contribution in [3.8, 4) is 11.8 Å². The largest absolute Gasteiger partial charge is 0.424 e. The molecule has 1 N–H and O–H groups in total. The minimum absolute atomic E-state index is 0.189. The van der Waals surface area contributed by atoms with Crippen molar-refractivity contribution in [3.05, 3.63) is 63.2 Å². The molecule has 1 aromatic carbocycles. The van der Waals surface area contributed by atoms with E-state index in [1.807, 2.05) is 19.1 Å². The van der Waals surface area contributed by atoms with Gasteiger partial charge in [0.1, 0.15) is 5.75 Å². The fourth-order valence-electron chi connectivity index (χ4n) is 2.31. The smallest absolute Gasteiger partial charge is 0.321 e. The molecule has 0 unspecified atom stereocenters. The van der Waals surface area contributed by atoms with E-state index in [-0.39, 0.29) is 11.6 Å². The van der Waals surface area contributed by atoms with Crippen LogP contribution in [0.4, 0.5) is 10.8 Å². The highest BCUT2D eigenvalue weighted by Gasteiger charge is 2.09. The van der Waals surface area contributed by atoms with E-state index >= 15 is 0 Å². The highest BCUT2D eigenvalue weighted by molar-refractivity contribution is 9.10. The number of rotatable bonds is 5. The highest BCUT2D eigenvalue weighted by Crippen LogP contribution is 2.26. The Morgan fingerprint density at radius 3 is 2.85 bits per heavy atom. The van der Waals surface area contributed by atoms with E-state index < -0.39 is 0 Å². The van der Waals surface area contributed by atoms with Gasteiger partial charge in [0.25, 0.3) is 5.56 Å². The second kappa shape index (κ2) is 7.41. The summed E-state index contributed by atoms with van der Waals surface area (Å²) in [6.45, 7) is 1.96. The minimum Gasteiger partial charge on any atom is -0.424 e. The first-order valence-corrected chi connectivity index (χ1v) is 9.64. The summed E-state index contributed by atoms with van der Waals surface area (Å²) < 4.78 is 7.72. The van der Waals surface area contributed by atoms with Gasteiger partial charge in [0.15, 0.2) is 0 Å². The van der Waals surface area contributed by atoms with Crippen LogP contribution in [-0.2, 0) is 6.42 Å². The first-order valence-electron chi connectivity index (χ1n) is 8.03. The fourth-order valence-corrected chi connectivity index (χ4v) is 3.36. The van der Waals surface area contributed by atoms with Gasteiger partial charge in [-0.1, -0.05) is 24.3 Å². The Morgan fingerprint density at radius 2 is 2.07 bits per heavy atom. The van der Waals surface area contributed by atoms with Crippen LogP contribution < -0.4 is 15.6 Å². The van der Waals surface area contributed by atoms with Crippen LogP contribution in [0.5, 0.6) is 11.8 Å². The Bertz CT molecular complexity index is 1160. The number of hydrogen-bond donors (Lipinski definition) is 1. The zero-order valence-corrected chi connectivity index (χ0v) is 16.5. The predicted octanol–water partition coefficient (Wildman–Crippen LogP) is 3.80. The molecule has 0 bridgehead atoms. The third kappa shape index (κ3) is 3.96. The van der Waals surface area contributed by atoms with Crippen molar-refractivity contribution in [2.75, 3.05) is 5.32 Å². The zero-order valence-electron chi connectivity index (χ0n) is 14.1. The second-order valence-electron chi connectivity index (χ2n) is 5.48. The Balaban J connectivity index is 1.57. The molecular formula is C17H13BrN6O2S. The van der Waals surface area contributed by atoms with Gasteiger partial charge in [-0.3, -0.25) is 4.79 Å². The molecular weight excluding hydrogens is 432 g/mol. The number of anilines is 2. The zero-order chi connectivity index (χ0) is 18.8. The van der Waals surface area contributed by atoms with Crippen LogP contribution in [0, 0.1) is 0 Å². The maximum absolute atomic E-state index is 12.1. The summed E-state index contributed by atoms with van der Waals surface area (Å²) in [6.07, 6.45) is 3.92. The first kappa shape index (κ1) is 17.6. The molecule has 0 atom stereocenters. The molecule has 0 saturated carbocycles. The number of nitrogens with one attached hydrogen (secondary N) is 1. The molecule has 27 heavy (non-hydrogen) atoms. The van der Waals surface area contributed by atoms with Crippen LogP contribution in [-0.4, -0.2) is 24.6 Å². The van der Waals surface area contributed by atoms with Crippen molar-refractivity contribution in [1.29, 1.82) is 0 Å². The van der Waals surface area contributed by atoms with Crippen molar-refractivity contribution in [1.82, 2.24) is 24.6 Å². The normalized spacial score (nSPS) is 10.9. The highest BCUT2D eigenvalue weighted by atomic mass is 79.9. The molecule has 0 radical (unpaired) electrons. The van der Waals surface area contributed by atoms with Gasteiger partial charge in [-0.15, -0.1) is 5.10 Å². The molecule has 3 heterocycles. The Labute approximate surface area is 166 Å². The lowest BCUT2D eigenvalue weighted by atomic mass is 10.3. The van der Waals surface area contributed by atoms with Crippen molar-refractivity contribution in [2.45, 2.75) is 13.3 Å². The maximum atomic E-state index is 12.1. The van der Waals surface area contributed by atoms with Crippen molar-refractivity contribution in [2.24, 2.45) is 0 Å². The topological polar surface area (TPSA) is 94.3 Å². The molecule has 10 heteroatoms. The van der Waals surface area contributed by atoms with Crippen molar-refractivity contribution >= 4 is 43.0 Å². The lowest BCUT2D eigenvalue weighted by Crippen LogP contribution is -2.15. The van der Waals surface area contributed by atoms with E-state index in [0.717, 1.165) is 15.9 Å². The molecule has 4 aromatic rings. The molecule has 0 aliphatic carbocycles. The van der Waals surface area contributed by atoms with E-state index in [1.165, 1.54) is 21.9 Å². The Kier molecular flexibility index (Phi) is 4.82. The SMILES string of the molecule is CCc1cc(=O)n2nc(Nc3cccc(Oc4ncc(Br)cn4)c3)sc2n1. The summed E-state index contributed by atoms with van der Waals surface area (Å²) in [5.74, 6) is 0.576. The number of fused-ring (bicyclic) bond motifs is 1. The first-order chi connectivity index (χ1) is 13.1. The van der Waals surface area contributed by atoms with Gasteiger partial charge in [0.05, 0.1) is 4.47 Å². The fraction of sp³-hybridized carbons (Fsp3) is 0.118. The number of ether oxygens (including phenoxy) is 1. The number of halogens is 1. The number of nitrogens with zero attached hydrogens (tertiary/aromatic N) is 5. The lowest BCUT2D eigenvalue weighted by Gasteiger charge is -2.06. The molecule has 0 aliphatic rings. The monoisotopic (exact) mass is 444 g/mol. The molecule has 0 aliphatic heterocycles. The molecule has 0 spiro atoms. The number of aryl methyl sites for hydroxylation is 1. The van der Waals surface area contributed by atoms with E-state index in [4.69, 9.17) is 4.74 Å². The third-order valence-electron chi connectivity index (χ3n) is 3.55. The number of hydrogen-bond acceptors (Lipinski definition) is 8. The average molecular weight is 445 g/mol. The van der Waals surface area contributed by atoms with Crippen LogP contribution in [0.3, 0.4) is 0 Å². The molecule has 8 nitrogen and oxygen atoms in total. The predicted molar refractivity (Wildman–Crippen MR) is 106 cm³/mol. The standard InChI is InChI=1S/C17H13BrN6O2S/c1-2-11-7-14(25)24-17(22-11)27-16(23-24)21-12-4-3-5-13(6-12)26-15-19-8-10(18)9-20-15/h3-9H,2H2,1H3,(H,21,23). The summed E-state index contributed by atoms with van der Waals surface area (Å²) in [4.78, 5) is 25.3. The van der Waals surface area contributed by atoms with Gasteiger partial charge < -0.3 is 10.1 Å². The van der Waals surface area contributed by atoms with E-state index in [9.17, 15) is 4.79 Å². The molecule has 136 valence electrons. The van der Waals surface area contributed by atoms with Crippen LogP contribution in [0.2, 0.25) is 0 Å². The number of aromatic nitrogens is 5. The third-order valence-corrected chi connectivity index (χ3v) is 4.78. The average Bonchev–Trinajstić information content (AvgIpc) is 3.07. The summed E-state index contributed by atoms with van der Waals surface area (Å²) >= 11 is 4.59. The number of benzene rings is 1. The molecule has 0 amide bonds. The van der Waals surface area contributed by atoms with Gasteiger partial charge in [0.2, 0.25) is 10.1 Å². The summed E-state index contributed by atoms with van der Waals surface area (Å²) in [6, 6.07) is 9.06. The maximum Gasteiger partial charge on any atom is 0.321 e. The van der Waals surface area contributed by atoms with Gasteiger partial charge >= 0.3 is 6.01 Å². The molecule has 4 rings (SSSR count). The summed E-state index contributed by atoms with van der Waals surface area (Å²) in [5, 5.41) is 8.02. The molecule has 0 saturated heterocycles. The minimum atomic E-state index is -0.189. The van der Waals surface area contributed by atoms with Gasteiger partial charge in [-0.2, -0.15) is 4.52 Å². The lowest BCUT2D eigenvalue weighted by molar-refractivity contribution is 0.441. The van der Waals surface area contributed by atoms with Crippen LogP contribution in [0.1, 0.15) is 12.6 Å². The van der Waals surface area contributed by atoms with Gasteiger partial charge in [0, 0.05) is 35.9 Å². The Morgan fingerprint density at radius 1 is 1.26 bits per heavy atom. The van der Waals surface area contributed by atoms with Crippen LogP contribution >= 0.6 is 27.3 Å². The van der Waals surface area contributed by atoms with Gasteiger partial charge in [-0.25, -0.2) is 15.0 Å². The quantitative estimate of drug-likeness (QED) is 0.499. The second-order valence-corrected chi connectivity index (χ2v) is 7.35. The van der Waals surface area contributed by atoms with Crippen LogP contribution in [0.25, 0.3) is 4.96 Å². The summed E-state index contributed by atoms with van der Waals surface area (Å²) in [5.41, 5.74) is 1.32. The van der Waals surface area contributed by atoms with Crippen molar-refractivity contribution in [3.63, 3.8) is 0 Å². The Hall–Kier alpha value is -2.85. The van der Waals surface area contributed by atoms with E-state index in [0.29, 0.717) is 22.3 Å². The van der Waals surface area contributed by atoms with Crippen LogP contribution in [0.15, 0.2) is 52.0 Å². The molecule has 0 fully saturated rings.